The molecule has 0 amide bonds. The molecule has 5 heteroatoms. The lowest BCUT2D eigenvalue weighted by Crippen LogP contribution is -2.11. The summed E-state index contributed by atoms with van der Waals surface area (Å²) < 4.78 is 8.09. The third-order valence-electron chi connectivity index (χ3n) is 3.44. The van der Waals surface area contributed by atoms with Crippen LogP contribution in [0.3, 0.4) is 0 Å². The van der Waals surface area contributed by atoms with Gasteiger partial charge in [0.1, 0.15) is 5.75 Å². The third kappa shape index (κ3) is 3.18. The predicted molar refractivity (Wildman–Crippen MR) is 86.1 cm³/mol. The first-order chi connectivity index (χ1) is 9.97. The monoisotopic (exact) mass is 350 g/mol. The highest BCUT2D eigenvalue weighted by atomic mass is 79.9. The number of hydrogen-bond donors (Lipinski definition) is 0. The molecule has 0 atom stereocenters. The highest BCUT2D eigenvalue weighted by Crippen LogP contribution is 2.25. The minimum absolute atomic E-state index is 0.0298. The second-order valence-corrected chi connectivity index (χ2v) is 5.76. The number of halogens is 1. The summed E-state index contributed by atoms with van der Waals surface area (Å²) >= 11 is 3.52. The molecule has 0 N–H and O–H groups in total. The molecule has 0 fully saturated rings. The van der Waals surface area contributed by atoms with E-state index in [-0.39, 0.29) is 5.78 Å². The van der Waals surface area contributed by atoms with E-state index >= 15 is 0 Å². The lowest BCUT2D eigenvalue weighted by Gasteiger charge is -2.10. The molecule has 0 spiro atoms. The van der Waals surface area contributed by atoms with Gasteiger partial charge < -0.3 is 4.74 Å². The Morgan fingerprint density at radius 2 is 2.10 bits per heavy atom. The standard InChI is InChI=1S/C16H19BrN2O2/c1-5-19-13(16(17)11(3)18-19)9-14(20)12-7-6-10(2)8-15(12)21-4/h6-8H,5,9H2,1-4H3. The Bertz CT molecular complexity index is 677. The van der Waals surface area contributed by atoms with Gasteiger partial charge in [-0.3, -0.25) is 9.48 Å². The van der Waals surface area contributed by atoms with E-state index in [9.17, 15) is 4.79 Å². The van der Waals surface area contributed by atoms with Crippen LogP contribution in [0.25, 0.3) is 0 Å². The summed E-state index contributed by atoms with van der Waals surface area (Å²) in [7, 11) is 1.59. The van der Waals surface area contributed by atoms with Gasteiger partial charge in [0.2, 0.25) is 0 Å². The largest absolute Gasteiger partial charge is 0.496 e. The number of aromatic nitrogens is 2. The molecular formula is C16H19BrN2O2. The Morgan fingerprint density at radius 1 is 1.38 bits per heavy atom. The van der Waals surface area contributed by atoms with Gasteiger partial charge in [-0.05, 0) is 54.4 Å². The van der Waals surface area contributed by atoms with E-state index in [1.165, 1.54) is 0 Å². The highest BCUT2D eigenvalue weighted by Gasteiger charge is 2.19. The maximum absolute atomic E-state index is 12.6. The van der Waals surface area contributed by atoms with Crippen molar-refractivity contribution in [3.05, 3.63) is 45.2 Å². The average molecular weight is 351 g/mol. The SMILES string of the molecule is CCn1nc(C)c(Br)c1CC(=O)c1ccc(C)cc1OC. The molecule has 0 aliphatic carbocycles. The second-order valence-electron chi connectivity index (χ2n) is 4.97. The van der Waals surface area contributed by atoms with E-state index in [2.05, 4.69) is 21.0 Å². The molecule has 0 radical (unpaired) electrons. The Balaban J connectivity index is 2.35. The molecule has 0 unspecified atom stereocenters. The molecular weight excluding hydrogens is 332 g/mol. The first kappa shape index (κ1) is 15.8. The molecule has 0 aliphatic heterocycles. The van der Waals surface area contributed by atoms with Gasteiger partial charge in [0.15, 0.2) is 5.78 Å². The molecule has 0 bridgehead atoms. The zero-order chi connectivity index (χ0) is 15.6. The number of ketones is 1. The molecule has 112 valence electrons. The lowest BCUT2D eigenvalue weighted by atomic mass is 10.0. The number of benzene rings is 1. The minimum Gasteiger partial charge on any atom is -0.496 e. The molecule has 2 aromatic rings. The van der Waals surface area contributed by atoms with E-state index in [0.717, 1.165) is 28.0 Å². The maximum atomic E-state index is 12.6. The Labute approximate surface area is 133 Å². The molecule has 2 rings (SSSR count). The van der Waals surface area contributed by atoms with Crippen LogP contribution in [0.1, 0.15) is 34.2 Å². The Kier molecular flexibility index (Phi) is 4.83. The lowest BCUT2D eigenvalue weighted by molar-refractivity contribution is 0.0987. The fraction of sp³-hybridized carbons (Fsp3) is 0.375. The van der Waals surface area contributed by atoms with Gasteiger partial charge in [-0.2, -0.15) is 5.10 Å². The minimum atomic E-state index is 0.0298. The average Bonchev–Trinajstić information content (AvgIpc) is 2.74. The zero-order valence-corrected chi connectivity index (χ0v) is 14.3. The number of aryl methyl sites for hydroxylation is 3. The van der Waals surface area contributed by atoms with E-state index in [1.54, 1.807) is 7.11 Å². The number of methoxy groups -OCH3 is 1. The molecule has 0 aliphatic rings. The van der Waals surface area contributed by atoms with Crippen molar-refractivity contribution in [1.82, 2.24) is 9.78 Å². The summed E-state index contributed by atoms with van der Waals surface area (Å²) in [6.07, 6.45) is 0.300. The van der Waals surface area contributed by atoms with Gasteiger partial charge in [-0.25, -0.2) is 0 Å². The van der Waals surface area contributed by atoms with Crippen LogP contribution in [0.5, 0.6) is 5.75 Å². The smallest absolute Gasteiger partial charge is 0.172 e. The van der Waals surface area contributed by atoms with Crippen molar-refractivity contribution in [3.63, 3.8) is 0 Å². The molecule has 1 aromatic heterocycles. The molecule has 0 saturated heterocycles. The van der Waals surface area contributed by atoms with Crippen molar-refractivity contribution >= 4 is 21.7 Å². The summed E-state index contributed by atoms with van der Waals surface area (Å²) in [5.74, 6) is 0.651. The van der Waals surface area contributed by atoms with Gasteiger partial charge >= 0.3 is 0 Å². The van der Waals surface area contributed by atoms with Gasteiger partial charge in [-0.1, -0.05) is 6.07 Å². The molecule has 0 saturated carbocycles. The number of nitrogens with zero attached hydrogens (tertiary/aromatic N) is 2. The van der Waals surface area contributed by atoms with Gasteiger partial charge in [-0.15, -0.1) is 0 Å². The first-order valence-electron chi connectivity index (χ1n) is 6.87. The van der Waals surface area contributed by atoms with Crippen LogP contribution >= 0.6 is 15.9 Å². The van der Waals surface area contributed by atoms with Crippen LogP contribution in [-0.4, -0.2) is 22.7 Å². The van der Waals surface area contributed by atoms with Crippen molar-refractivity contribution in [2.45, 2.75) is 33.7 Å². The van der Waals surface area contributed by atoms with E-state index < -0.39 is 0 Å². The predicted octanol–water partition coefficient (Wildman–Crippen LogP) is 3.72. The number of hydrogen-bond acceptors (Lipinski definition) is 3. The van der Waals surface area contributed by atoms with Crippen LogP contribution < -0.4 is 4.74 Å². The van der Waals surface area contributed by atoms with Crippen molar-refractivity contribution < 1.29 is 9.53 Å². The van der Waals surface area contributed by atoms with Crippen molar-refractivity contribution in [3.8, 4) is 5.75 Å². The number of carbonyl (C=O) groups excluding carboxylic acids is 1. The fourth-order valence-electron chi connectivity index (χ4n) is 2.31. The number of ether oxygens (including phenoxy) is 1. The van der Waals surface area contributed by atoms with Gasteiger partial charge in [0.05, 0.1) is 35.0 Å². The van der Waals surface area contributed by atoms with Crippen molar-refractivity contribution in [2.24, 2.45) is 0 Å². The van der Waals surface area contributed by atoms with Gasteiger partial charge in [0, 0.05) is 6.54 Å². The quantitative estimate of drug-likeness (QED) is 0.772. The van der Waals surface area contributed by atoms with Gasteiger partial charge in [0.25, 0.3) is 0 Å². The normalized spacial score (nSPS) is 10.7. The summed E-state index contributed by atoms with van der Waals surface area (Å²) in [6, 6.07) is 5.63. The van der Waals surface area contributed by atoms with Crippen molar-refractivity contribution in [1.29, 1.82) is 0 Å². The van der Waals surface area contributed by atoms with Crippen LogP contribution in [-0.2, 0) is 13.0 Å². The summed E-state index contributed by atoms with van der Waals surface area (Å²) in [5.41, 5.74) is 3.48. The number of rotatable bonds is 5. The van der Waals surface area contributed by atoms with E-state index in [4.69, 9.17) is 4.74 Å². The topological polar surface area (TPSA) is 44.1 Å². The van der Waals surface area contributed by atoms with Crippen LogP contribution in [0, 0.1) is 13.8 Å². The third-order valence-corrected chi connectivity index (χ3v) is 4.47. The molecule has 1 aromatic carbocycles. The molecule has 4 nitrogen and oxygen atoms in total. The Morgan fingerprint density at radius 3 is 2.71 bits per heavy atom. The molecule has 1 heterocycles. The number of Topliss-reactive ketones (excluding diaryl/α,β-unsaturated/α-hetero) is 1. The maximum Gasteiger partial charge on any atom is 0.172 e. The highest BCUT2D eigenvalue weighted by molar-refractivity contribution is 9.10. The van der Waals surface area contributed by atoms with Crippen LogP contribution in [0.15, 0.2) is 22.7 Å². The second kappa shape index (κ2) is 6.43. The number of carbonyl (C=O) groups is 1. The first-order valence-corrected chi connectivity index (χ1v) is 7.66. The summed E-state index contributed by atoms with van der Waals surface area (Å²) in [5, 5.41) is 4.42. The Hall–Kier alpha value is -1.62. The van der Waals surface area contributed by atoms with Crippen LogP contribution in [0.2, 0.25) is 0 Å². The fourth-order valence-corrected chi connectivity index (χ4v) is 2.74. The zero-order valence-electron chi connectivity index (χ0n) is 12.7. The van der Waals surface area contributed by atoms with Crippen LogP contribution in [0.4, 0.5) is 0 Å². The summed E-state index contributed by atoms with van der Waals surface area (Å²) in [4.78, 5) is 12.6. The summed E-state index contributed by atoms with van der Waals surface area (Å²) in [6.45, 7) is 6.65. The van der Waals surface area contributed by atoms with Crippen molar-refractivity contribution in [2.75, 3.05) is 7.11 Å². The molecule has 21 heavy (non-hydrogen) atoms. The van der Waals surface area contributed by atoms with E-state index in [1.807, 2.05) is 43.7 Å². The van der Waals surface area contributed by atoms with E-state index in [0.29, 0.717) is 17.7 Å².